The standard InChI is InChI=1S/C14H19N3O4S/c1-9(2)8-21-11-7-5-4-6-10(11)12(18)15-13(22)16-17-14(19)20-3/h4-7,9H,8H2,1-3H3,(H,17,19)(H2,15,16,18,22). The van der Waals surface area contributed by atoms with E-state index in [1.807, 2.05) is 13.8 Å². The van der Waals surface area contributed by atoms with E-state index in [0.29, 0.717) is 23.8 Å². The van der Waals surface area contributed by atoms with Crippen LogP contribution in [0.2, 0.25) is 0 Å². The maximum Gasteiger partial charge on any atom is 0.425 e. The van der Waals surface area contributed by atoms with E-state index in [1.54, 1.807) is 24.3 Å². The highest BCUT2D eigenvalue weighted by Gasteiger charge is 2.14. The summed E-state index contributed by atoms with van der Waals surface area (Å²) in [4.78, 5) is 23.1. The molecule has 1 aromatic carbocycles. The van der Waals surface area contributed by atoms with Crippen molar-refractivity contribution in [3.8, 4) is 5.75 Å². The number of methoxy groups -OCH3 is 1. The van der Waals surface area contributed by atoms with Crippen molar-refractivity contribution < 1.29 is 19.1 Å². The molecule has 8 heteroatoms. The van der Waals surface area contributed by atoms with Gasteiger partial charge in [0, 0.05) is 0 Å². The van der Waals surface area contributed by atoms with Gasteiger partial charge in [0.25, 0.3) is 5.91 Å². The van der Waals surface area contributed by atoms with E-state index in [9.17, 15) is 9.59 Å². The van der Waals surface area contributed by atoms with Crippen LogP contribution in [0.25, 0.3) is 0 Å². The minimum absolute atomic E-state index is 0.0611. The number of hydrazine groups is 1. The Labute approximate surface area is 134 Å². The molecule has 0 saturated carbocycles. The number of hydrogen-bond donors (Lipinski definition) is 3. The van der Waals surface area contributed by atoms with E-state index in [4.69, 9.17) is 17.0 Å². The van der Waals surface area contributed by atoms with E-state index in [2.05, 4.69) is 20.9 Å². The SMILES string of the molecule is COC(=O)NNC(=S)NC(=O)c1ccccc1OCC(C)C. The molecule has 3 N–H and O–H groups in total. The van der Waals surface area contributed by atoms with Crippen molar-refractivity contribution in [2.24, 2.45) is 5.92 Å². The molecule has 0 aromatic heterocycles. The van der Waals surface area contributed by atoms with Crippen molar-refractivity contribution in [2.45, 2.75) is 13.8 Å². The lowest BCUT2D eigenvalue weighted by molar-refractivity contribution is 0.0971. The van der Waals surface area contributed by atoms with Crippen LogP contribution in [-0.4, -0.2) is 30.8 Å². The van der Waals surface area contributed by atoms with Crippen molar-refractivity contribution in [2.75, 3.05) is 13.7 Å². The fraction of sp³-hybridized carbons (Fsp3) is 0.357. The van der Waals surface area contributed by atoms with Crippen LogP contribution in [0.15, 0.2) is 24.3 Å². The number of carbonyl (C=O) groups is 2. The summed E-state index contributed by atoms with van der Waals surface area (Å²) in [6.45, 7) is 4.53. The monoisotopic (exact) mass is 325 g/mol. The Bertz CT molecular complexity index is 549. The van der Waals surface area contributed by atoms with Gasteiger partial charge in [0.1, 0.15) is 5.75 Å². The molecule has 1 aromatic rings. The van der Waals surface area contributed by atoms with Crippen LogP contribution in [0, 0.1) is 5.92 Å². The number of para-hydroxylation sites is 1. The van der Waals surface area contributed by atoms with Gasteiger partial charge < -0.3 is 9.47 Å². The molecule has 22 heavy (non-hydrogen) atoms. The van der Waals surface area contributed by atoms with Gasteiger partial charge in [0.15, 0.2) is 5.11 Å². The van der Waals surface area contributed by atoms with Crippen LogP contribution >= 0.6 is 12.2 Å². The van der Waals surface area contributed by atoms with Gasteiger partial charge in [-0.15, -0.1) is 0 Å². The van der Waals surface area contributed by atoms with E-state index < -0.39 is 12.0 Å². The first-order valence-electron chi connectivity index (χ1n) is 6.61. The molecule has 0 saturated heterocycles. The Morgan fingerprint density at radius 1 is 1.23 bits per heavy atom. The fourth-order valence-electron chi connectivity index (χ4n) is 1.40. The first-order chi connectivity index (χ1) is 10.4. The molecular formula is C14H19N3O4S. The normalized spacial score (nSPS) is 9.82. The van der Waals surface area contributed by atoms with Gasteiger partial charge in [0.2, 0.25) is 0 Å². The maximum absolute atomic E-state index is 12.2. The van der Waals surface area contributed by atoms with Crippen molar-refractivity contribution in [1.29, 1.82) is 0 Å². The summed E-state index contributed by atoms with van der Waals surface area (Å²) in [5.41, 5.74) is 4.84. The second-order valence-corrected chi connectivity index (χ2v) is 5.13. The number of carbonyl (C=O) groups excluding carboxylic acids is 2. The van der Waals surface area contributed by atoms with Crippen molar-refractivity contribution >= 4 is 29.3 Å². The minimum atomic E-state index is -0.725. The average Bonchev–Trinajstić information content (AvgIpc) is 2.50. The highest BCUT2D eigenvalue weighted by molar-refractivity contribution is 7.80. The summed E-state index contributed by atoms with van der Waals surface area (Å²) in [7, 11) is 1.21. The molecule has 0 radical (unpaired) electrons. The number of nitrogens with one attached hydrogen (secondary N) is 3. The molecule has 0 aliphatic carbocycles. The van der Waals surface area contributed by atoms with E-state index in [-0.39, 0.29) is 5.11 Å². The topological polar surface area (TPSA) is 88.7 Å². The molecule has 0 spiro atoms. The van der Waals surface area contributed by atoms with Gasteiger partial charge in [-0.2, -0.15) is 0 Å². The molecule has 0 unspecified atom stereocenters. The van der Waals surface area contributed by atoms with Gasteiger partial charge in [-0.25, -0.2) is 10.2 Å². The molecule has 0 atom stereocenters. The Hall–Kier alpha value is -2.35. The molecule has 0 bridgehead atoms. The number of amides is 2. The first kappa shape index (κ1) is 17.7. The van der Waals surface area contributed by atoms with Gasteiger partial charge in [-0.1, -0.05) is 26.0 Å². The lowest BCUT2D eigenvalue weighted by Gasteiger charge is -2.14. The number of benzene rings is 1. The summed E-state index contributed by atoms with van der Waals surface area (Å²) in [5, 5.41) is 2.37. The smallest absolute Gasteiger partial charge is 0.425 e. The Kier molecular flexibility index (Phi) is 7.11. The number of ether oxygens (including phenoxy) is 2. The van der Waals surface area contributed by atoms with Crippen molar-refractivity contribution in [3.63, 3.8) is 0 Å². The Balaban J connectivity index is 2.65. The lowest BCUT2D eigenvalue weighted by Crippen LogP contribution is -2.48. The predicted molar refractivity (Wildman–Crippen MR) is 85.5 cm³/mol. The quantitative estimate of drug-likeness (QED) is 0.575. The second kappa shape index (κ2) is 8.83. The summed E-state index contributed by atoms with van der Waals surface area (Å²) in [5.74, 6) is 0.365. The van der Waals surface area contributed by atoms with Crippen molar-refractivity contribution in [3.05, 3.63) is 29.8 Å². The third kappa shape index (κ3) is 5.96. The van der Waals surface area contributed by atoms with Crippen LogP contribution in [0.1, 0.15) is 24.2 Å². The molecule has 0 aliphatic heterocycles. The zero-order valence-electron chi connectivity index (χ0n) is 12.6. The van der Waals surface area contributed by atoms with Crippen LogP contribution in [0.5, 0.6) is 5.75 Å². The first-order valence-corrected chi connectivity index (χ1v) is 7.02. The molecule has 7 nitrogen and oxygen atoms in total. The lowest BCUT2D eigenvalue weighted by atomic mass is 10.2. The van der Waals surface area contributed by atoms with E-state index >= 15 is 0 Å². The third-order valence-electron chi connectivity index (χ3n) is 2.39. The number of rotatable bonds is 4. The summed E-state index contributed by atoms with van der Waals surface area (Å²) in [6, 6.07) is 6.84. The summed E-state index contributed by atoms with van der Waals surface area (Å²) >= 11 is 4.89. The van der Waals surface area contributed by atoms with Crippen LogP contribution in [-0.2, 0) is 4.74 Å². The number of thiocarbonyl (C=S) groups is 1. The largest absolute Gasteiger partial charge is 0.492 e. The predicted octanol–water partition coefficient (Wildman–Crippen LogP) is 1.60. The zero-order valence-corrected chi connectivity index (χ0v) is 13.5. The summed E-state index contributed by atoms with van der Waals surface area (Å²) < 4.78 is 9.96. The average molecular weight is 325 g/mol. The molecule has 0 heterocycles. The Morgan fingerprint density at radius 2 is 1.91 bits per heavy atom. The van der Waals surface area contributed by atoms with Gasteiger partial charge >= 0.3 is 6.09 Å². The third-order valence-corrected chi connectivity index (χ3v) is 2.60. The Morgan fingerprint density at radius 3 is 2.55 bits per heavy atom. The highest BCUT2D eigenvalue weighted by atomic mass is 32.1. The minimum Gasteiger partial charge on any atom is -0.492 e. The maximum atomic E-state index is 12.2. The molecule has 1 rings (SSSR count). The molecule has 0 aliphatic rings. The second-order valence-electron chi connectivity index (χ2n) is 4.73. The highest BCUT2D eigenvalue weighted by Crippen LogP contribution is 2.18. The van der Waals surface area contributed by atoms with E-state index in [0.717, 1.165) is 0 Å². The molecule has 2 amide bonds. The van der Waals surface area contributed by atoms with Crippen molar-refractivity contribution in [1.82, 2.24) is 16.2 Å². The van der Waals surface area contributed by atoms with Crippen LogP contribution < -0.4 is 20.9 Å². The number of hydrogen-bond acceptors (Lipinski definition) is 5. The fourth-order valence-corrected chi connectivity index (χ4v) is 1.54. The van der Waals surface area contributed by atoms with E-state index in [1.165, 1.54) is 7.11 Å². The molecule has 0 fully saturated rings. The van der Waals surface area contributed by atoms with Gasteiger partial charge in [-0.3, -0.25) is 15.5 Å². The summed E-state index contributed by atoms with van der Waals surface area (Å²) in [6.07, 6.45) is -0.725. The van der Waals surface area contributed by atoms with Crippen LogP contribution in [0.4, 0.5) is 4.79 Å². The zero-order chi connectivity index (χ0) is 16.5. The molecular weight excluding hydrogens is 306 g/mol. The van der Waals surface area contributed by atoms with Crippen LogP contribution in [0.3, 0.4) is 0 Å². The van der Waals surface area contributed by atoms with Gasteiger partial charge in [-0.05, 0) is 30.3 Å². The molecule has 120 valence electrons. The van der Waals surface area contributed by atoms with Gasteiger partial charge in [0.05, 0.1) is 19.3 Å².